The van der Waals surface area contributed by atoms with E-state index in [1.165, 1.54) is 44.1 Å². The van der Waals surface area contributed by atoms with Crippen LogP contribution in [0, 0.1) is 0 Å². The number of benzene rings is 4. The predicted octanol–water partition coefficient (Wildman–Crippen LogP) is 8.19. The zero-order valence-electron chi connectivity index (χ0n) is 20.2. The maximum absolute atomic E-state index is 4.96. The minimum Gasteiger partial charge on any atom is -0.307 e. The SMILES string of the molecule is CC1(C)c2ccccc2-c2ccc3c4ccccc4n(-c4cnc5c(ccc6cccnc65)c4)c3c21. The van der Waals surface area contributed by atoms with Crippen molar-refractivity contribution in [2.75, 3.05) is 0 Å². The molecule has 170 valence electrons. The summed E-state index contributed by atoms with van der Waals surface area (Å²) in [5.74, 6) is 0. The van der Waals surface area contributed by atoms with Crippen LogP contribution in [0.4, 0.5) is 0 Å². The first kappa shape index (κ1) is 19.8. The van der Waals surface area contributed by atoms with Gasteiger partial charge in [-0.25, -0.2) is 0 Å². The number of aromatic nitrogens is 3. The van der Waals surface area contributed by atoms with Gasteiger partial charge >= 0.3 is 0 Å². The van der Waals surface area contributed by atoms with Gasteiger partial charge < -0.3 is 4.57 Å². The van der Waals surface area contributed by atoms with Gasteiger partial charge in [-0.3, -0.25) is 9.97 Å². The van der Waals surface area contributed by atoms with Crippen LogP contribution >= 0.6 is 0 Å². The lowest BCUT2D eigenvalue weighted by molar-refractivity contribution is 0.664. The molecule has 0 atom stereocenters. The third-order valence-electron chi connectivity index (χ3n) is 8.02. The highest BCUT2D eigenvalue weighted by molar-refractivity contribution is 6.13. The fourth-order valence-electron chi connectivity index (χ4n) is 6.43. The zero-order chi connectivity index (χ0) is 24.0. The Labute approximate surface area is 208 Å². The summed E-state index contributed by atoms with van der Waals surface area (Å²) in [5, 5.41) is 4.76. The Hall–Kier alpha value is -4.50. The lowest BCUT2D eigenvalue weighted by Crippen LogP contribution is -2.16. The molecule has 1 aliphatic carbocycles. The first-order chi connectivity index (χ1) is 17.6. The van der Waals surface area contributed by atoms with E-state index in [9.17, 15) is 0 Å². The molecule has 1 aliphatic rings. The fraction of sp³-hybridized carbons (Fsp3) is 0.0909. The molecule has 0 spiro atoms. The topological polar surface area (TPSA) is 30.7 Å². The second-order valence-electron chi connectivity index (χ2n) is 10.3. The van der Waals surface area contributed by atoms with Crippen molar-refractivity contribution in [2.45, 2.75) is 19.3 Å². The van der Waals surface area contributed by atoms with Gasteiger partial charge in [-0.15, -0.1) is 0 Å². The Kier molecular flexibility index (Phi) is 3.73. The lowest BCUT2D eigenvalue weighted by Gasteiger charge is -2.23. The first-order valence-corrected chi connectivity index (χ1v) is 12.4. The van der Waals surface area contributed by atoms with E-state index in [1.807, 2.05) is 18.5 Å². The van der Waals surface area contributed by atoms with Crippen LogP contribution in [0.25, 0.3) is 60.4 Å². The summed E-state index contributed by atoms with van der Waals surface area (Å²) >= 11 is 0. The zero-order valence-corrected chi connectivity index (χ0v) is 20.2. The van der Waals surface area contributed by atoms with E-state index in [0.717, 1.165) is 27.5 Å². The van der Waals surface area contributed by atoms with Crippen LogP contribution < -0.4 is 0 Å². The highest BCUT2D eigenvalue weighted by Crippen LogP contribution is 2.52. The molecule has 3 nitrogen and oxygen atoms in total. The number of para-hydroxylation sites is 1. The van der Waals surface area contributed by atoms with Crippen molar-refractivity contribution in [3.63, 3.8) is 0 Å². The second kappa shape index (κ2) is 6.79. The van der Waals surface area contributed by atoms with E-state index in [1.54, 1.807) is 0 Å². The summed E-state index contributed by atoms with van der Waals surface area (Å²) in [6.07, 6.45) is 3.85. The Bertz CT molecular complexity index is 2030. The maximum atomic E-state index is 4.96. The summed E-state index contributed by atoms with van der Waals surface area (Å²) in [6, 6.07) is 32.8. The average Bonchev–Trinajstić information content (AvgIpc) is 3.37. The third-order valence-corrected chi connectivity index (χ3v) is 8.02. The van der Waals surface area contributed by atoms with Crippen molar-refractivity contribution in [1.29, 1.82) is 0 Å². The highest BCUT2D eigenvalue weighted by Gasteiger charge is 2.38. The van der Waals surface area contributed by atoms with E-state index in [4.69, 9.17) is 4.98 Å². The van der Waals surface area contributed by atoms with E-state index in [-0.39, 0.29) is 5.41 Å². The van der Waals surface area contributed by atoms with Gasteiger partial charge in [0.1, 0.15) is 0 Å². The van der Waals surface area contributed by atoms with Crippen molar-refractivity contribution in [3.8, 4) is 16.8 Å². The van der Waals surface area contributed by atoms with Crippen LogP contribution in [0.5, 0.6) is 0 Å². The van der Waals surface area contributed by atoms with Crippen molar-refractivity contribution in [2.24, 2.45) is 0 Å². The minimum atomic E-state index is -0.109. The van der Waals surface area contributed by atoms with E-state index in [0.29, 0.717) is 0 Å². The highest BCUT2D eigenvalue weighted by atomic mass is 15.0. The van der Waals surface area contributed by atoms with Crippen LogP contribution in [0.3, 0.4) is 0 Å². The molecule has 3 heterocycles. The summed E-state index contributed by atoms with van der Waals surface area (Å²) in [7, 11) is 0. The predicted molar refractivity (Wildman–Crippen MR) is 149 cm³/mol. The van der Waals surface area contributed by atoms with Crippen molar-refractivity contribution in [1.82, 2.24) is 14.5 Å². The van der Waals surface area contributed by atoms with Gasteiger partial charge in [0, 0.05) is 33.2 Å². The molecule has 0 saturated heterocycles. The Balaban J connectivity index is 1.51. The molecule has 3 aromatic heterocycles. The van der Waals surface area contributed by atoms with Crippen molar-refractivity contribution in [3.05, 3.63) is 115 Å². The number of hydrogen-bond donors (Lipinski definition) is 0. The van der Waals surface area contributed by atoms with Crippen molar-refractivity contribution >= 4 is 43.6 Å². The molecule has 8 rings (SSSR count). The maximum Gasteiger partial charge on any atom is 0.0966 e. The van der Waals surface area contributed by atoms with Crippen LogP contribution in [0.1, 0.15) is 25.0 Å². The number of pyridine rings is 2. The average molecular weight is 462 g/mol. The fourth-order valence-corrected chi connectivity index (χ4v) is 6.43. The van der Waals surface area contributed by atoms with E-state index < -0.39 is 0 Å². The molecular weight excluding hydrogens is 438 g/mol. The quantitative estimate of drug-likeness (QED) is 0.231. The molecule has 4 aromatic carbocycles. The van der Waals surface area contributed by atoms with Crippen LogP contribution in [-0.2, 0) is 5.41 Å². The van der Waals surface area contributed by atoms with Gasteiger partial charge in [0.2, 0.25) is 0 Å². The molecule has 7 aromatic rings. The lowest BCUT2D eigenvalue weighted by atomic mass is 9.81. The number of fused-ring (bicyclic) bond motifs is 10. The summed E-state index contributed by atoms with van der Waals surface area (Å²) in [6.45, 7) is 4.71. The van der Waals surface area contributed by atoms with E-state index in [2.05, 4.69) is 108 Å². The molecule has 3 heteroatoms. The van der Waals surface area contributed by atoms with Gasteiger partial charge in [0.15, 0.2) is 0 Å². The normalized spacial score (nSPS) is 14.1. The molecule has 0 radical (unpaired) electrons. The van der Waals surface area contributed by atoms with Crippen LogP contribution in [0.2, 0.25) is 0 Å². The standard InChI is InChI=1S/C33H23N3/c1-33(2)27-11-5-3-9-23(27)25-15-16-26-24-10-4-6-12-28(24)36(32(26)29(25)33)22-18-21-14-13-20-8-7-17-34-30(20)31(21)35-19-22/h3-19H,1-2H3. The molecular formula is C33H23N3. The minimum absolute atomic E-state index is 0.109. The Morgan fingerprint density at radius 1 is 0.667 bits per heavy atom. The molecule has 0 aliphatic heterocycles. The molecule has 0 bridgehead atoms. The van der Waals surface area contributed by atoms with Gasteiger partial charge in [0.05, 0.1) is 34.0 Å². The number of rotatable bonds is 1. The summed E-state index contributed by atoms with van der Waals surface area (Å²) in [5.41, 5.74) is 10.8. The summed E-state index contributed by atoms with van der Waals surface area (Å²) in [4.78, 5) is 9.59. The van der Waals surface area contributed by atoms with Gasteiger partial charge in [-0.1, -0.05) is 86.6 Å². The second-order valence-corrected chi connectivity index (χ2v) is 10.3. The molecule has 0 unspecified atom stereocenters. The molecule has 0 amide bonds. The van der Waals surface area contributed by atoms with Gasteiger partial charge in [-0.05, 0) is 40.5 Å². The largest absolute Gasteiger partial charge is 0.307 e. The van der Waals surface area contributed by atoms with Crippen LogP contribution in [0.15, 0.2) is 103 Å². The molecule has 0 fully saturated rings. The molecule has 36 heavy (non-hydrogen) atoms. The van der Waals surface area contributed by atoms with Crippen LogP contribution in [-0.4, -0.2) is 14.5 Å². The molecule has 0 saturated carbocycles. The first-order valence-electron chi connectivity index (χ1n) is 12.4. The Morgan fingerprint density at radius 3 is 2.42 bits per heavy atom. The number of nitrogens with zero attached hydrogens (tertiary/aromatic N) is 3. The number of hydrogen-bond acceptors (Lipinski definition) is 2. The molecule has 0 N–H and O–H groups in total. The van der Waals surface area contributed by atoms with Crippen molar-refractivity contribution < 1.29 is 0 Å². The van der Waals surface area contributed by atoms with E-state index >= 15 is 0 Å². The Morgan fingerprint density at radius 2 is 1.47 bits per heavy atom. The van der Waals surface area contributed by atoms with Gasteiger partial charge in [-0.2, -0.15) is 0 Å². The monoisotopic (exact) mass is 461 g/mol. The van der Waals surface area contributed by atoms with Gasteiger partial charge in [0.25, 0.3) is 0 Å². The summed E-state index contributed by atoms with van der Waals surface area (Å²) < 4.78 is 2.42. The third kappa shape index (κ3) is 2.42. The smallest absolute Gasteiger partial charge is 0.0966 e.